The van der Waals surface area contributed by atoms with Crippen LogP contribution in [0.3, 0.4) is 0 Å². The van der Waals surface area contributed by atoms with Crippen LogP contribution in [-0.4, -0.2) is 35.9 Å². The molecule has 0 spiro atoms. The average molecular weight is 353 g/mol. The summed E-state index contributed by atoms with van der Waals surface area (Å²) in [5.41, 5.74) is -0.196. The van der Waals surface area contributed by atoms with Gasteiger partial charge in [0.05, 0.1) is 22.1 Å². The van der Waals surface area contributed by atoms with Crippen LogP contribution in [0.1, 0.15) is 10.4 Å². The normalized spacial score (nSPS) is 10.3. The molecule has 0 aromatic heterocycles. The fourth-order valence-electron chi connectivity index (χ4n) is 1.95. The molecule has 0 aliphatic heterocycles. The zero-order valence-electron chi connectivity index (χ0n) is 12.7. The van der Waals surface area contributed by atoms with Gasteiger partial charge in [-0.3, -0.25) is 14.9 Å². The van der Waals surface area contributed by atoms with Crippen molar-refractivity contribution in [2.24, 2.45) is 0 Å². The summed E-state index contributed by atoms with van der Waals surface area (Å²) < 4.78 is 18.7. The number of hydrogen-bond acceptors (Lipinski definition) is 4. The summed E-state index contributed by atoms with van der Waals surface area (Å²) in [7, 11) is 1.50. The Bertz CT molecular complexity index is 769. The van der Waals surface area contributed by atoms with Crippen LogP contribution < -0.4 is 4.74 Å². The lowest BCUT2D eigenvalue weighted by molar-refractivity contribution is -0.384. The van der Waals surface area contributed by atoms with Gasteiger partial charge in [-0.1, -0.05) is 23.7 Å². The van der Waals surface area contributed by atoms with E-state index in [9.17, 15) is 19.3 Å². The van der Waals surface area contributed by atoms with Crippen LogP contribution >= 0.6 is 11.6 Å². The molecule has 8 heteroatoms. The van der Waals surface area contributed by atoms with E-state index in [0.717, 1.165) is 6.07 Å². The number of halogens is 2. The Morgan fingerprint density at radius 1 is 1.33 bits per heavy atom. The molecule has 24 heavy (non-hydrogen) atoms. The highest BCUT2D eigenvalue weighted by Crippen LogP contribution is 2.23. The number of carbonyl (C=O) groups excluding carboxylic acids is 1. The number of benzene rings is 2. The van der Waals surface area contributed by atoms with Gasteiger partial charge >= 0.3 is 0 Å². The van der Waals surface area contributed by atoms with Gasteiger partial charge < -0.3 is 9.64 Å². The predicted molar refractivity (Wildman–Crippen MR) is 87.0 cm³/mol. The molecular weight excluding hydrogens is 339 g/mol. The molecule has 0 unspecified atom stereocenters. The third kappa shape index (κ3) is 4.20. The largest absolute Gasteiger partial charge is 0.489 e. The van der Waals surface area contributed by atoms with Gasteiger partial charge in [-0.25, -0.2) is 4.39 Å². The Balaban J connectivity index is 2.01. The van der Waals surface area contributed by atoms with Gasteiger partial charge in [0, 0.05) is 19.2 Å². The predicted octanol–water partition coefficient (Wildman–Crippen LogP) is 3.54. The van der Waals surface area contributed by atoms with E-state index in [1.807, 2.05) is 0 Å². The molecule has 0 radical (unpaired) electrons. The van der Waals surface area contributed by atoms with Gasteiger partial charge in [0.15, 0.2) is 11.6 Å². The topological polar surface area (TPSA) is 72.7 Å². The van der Waals surface area contributed by atoms with E-state index < -0.39 is 16.6 Å². The number of nitrogens with zero attached hydrogens (tertiary/aromatic N) is 2. The maximum Gasteiger partial charge on any atom is 0.270 e. The summed E-state index contributed by atoms with van der Waals surface area (Å²) in [6, 6.07) is 9.58. The van der Waals surface area contributed by atoms with E-state index in [4.69, 9.17) is 16.3 Å². The Kier molecular flexibility index (Phi) is 5.70. The van der Waals surface area contributed by atoms with Gasteiger partial charge in [0.25, 0.3) is 11.6 Å². The first-order valence-corrected chi connectivity index (χ1v) is 7.34. The number of nitro benzene ring substituents is 1. The lowest BCUT2D eigenvalue weighted by Gasteiger charge is -2.18. The average Bonchev–Trinajstić information content (AvgIpc) is 2.56. The number of rotatable bonds is 6. The second-order valence-electron chi connectivity index (χ2n) is 4.93. The summed E-state index contributed by atoms with van der Waals surface area (Å²) in [6.07, 6.45) is 0. The SMILES string of the molecule is CN(CCOc1ccccc1F)C(=O)c1cc([N+](=O)[O-])ccc1Cl. The Labute approximate surface area is 142 Å². The van der Waals surface area contributed by atoms with Crippen LogP contribution in [0.25, 0.3) is 0 Å². The lowest BCUT2D eigenvalue weighted by atomic mass is 10.2. The van der Waals surface area contributed by atoms with E-state index in [0.29, 0.717) is 0 Å². The van der Waals surface area contributed by atoms with E-state index in [-0.39, 0.29) is 35.2 Å². The molecular formula is C16H14ClFN2O4. The molecule has 0 saturated carbocycles. The van der Waals surface area contributed by atoms with Gasteiger partial charge in [-0.05, 0) is 18.2 Å². The van der Waals surface area contributed by atoms with Crippen LogP contribution in [0.15, 0.2) is 42.5 Å². The molecule has 0 fully saturated rings. The Morgan fingerprint density at radius 3 is 2.71 bits per heavy atom. The number of amides is 1. The van der Waals surface area contributed by atoms with E-state index in [2.05, 4.69) is 0 Å². The number of likely N-dealkylation sites (N-methyl/N-ethyl adjacent to an activating group) is 1. The van der Waals surface area contributed by atoms with E-state index in [1.165, 1.54) is 36.2 Å². The summed E-state index contributed by atoms with van der Waals surface area (Å²) >= 11 is 5.94. The minimum atomic E-state index is -0.603. The zero-order valence-corrected chi connectivity index (χ0v) is 13.5. The first kappa shape index (κ1) is 17.7. The monoisotopic (exact) mass is 352 g/mol. The highest BCUT2D eigenvalue weighted by Gasteiger charge is 2.19. The Morgan fingerprint density at radius 2 is 2.04 bits per heavy atom. The van der Waals surface area contributed by atoms with E-state index in [1.54, 1.807) is 12.1 Å². The van der Waals surface area contributed by atoms with Crippen molar-refractivity contribution in [2.75, 3.05) is 20.2 Å². The molecule has 0 aliphatic rings. The van der Waals surface area contributed by atoms with Crippen molar-refractivity contribution in [3.05, 3.63) is 69.0 Å². The van der Waals surface area contributed by atoms with Gasteiger partial charge in [0.1, 0.15) is 6.61 Å². The van der Waals surface area contributed by atoms with Crippen LogP contribution in [-0.2, 0) is 0 Å². The van der Waals surface area contributed by atoms with Crippen molar-refractivity contribution in [3.63, 3.8) is 0 Å². The number of hydrogen-bond donors (Lipinski definition) is 0. The lowest BCUT2D eigenvalue weighted by Crippen LogP contribution is -2.31. The molecule has 2 rings (SSSR count). The summed E-state index contributed by atoms with van der Waals surface area (Å²) in [5.74, 6) is -0.888. The molecule has 0 bridgehead atoms. The van der Waals surface area contributed by atoms with Crippen LogP contribution in [0.5, 0.6) is 5.75 Å². The van der Waals surface area contributed by atoms with Crippen LogP contribution in [0, 0.1) is 15.9 Å². The highest BCUT2D eigenvalue weighted by molar-refractivity contribution is 6.33. The third-order valence-electron chi connectivity index (χ3n) is 3.26. The summed E-state index contributed by atoms with van der Waals surface area (Å²) in [4.78, 5) is 23.8. The van der Waals surface area contributed by atoms with Gasteiger partial charge in [0.2, 0.25) is 0 Å². The molecule has 0 heterocycles. The number of nitro groups is 1. The van der Waals surface area contributed by atoms with Crippen LogP contribution in [0.4, 0.5) is 10.1 Å². The van der Waals surface area contributed by atoms with Gasteiger partial charge in [-0.15, -0.1) is 0 Å². The van der Waals surface area contributed by atoms with Crippen molar-refractivity contribution in [1.29, 1.82) is 0 Å². The number of carbonyl (C=O) groups is 1. The molecule has 0 N–H and O–H groups in total. The Hall–Kier alpha value is -2.67. The molecule has 0 atom stereocenters. The second kappa shape index (κ2) is 7.74. The standard InChI is InChI=1S/C16H14ClFN2O4/c1-19(8-9-24-15-5-3-2-4-14(15)18)16(21)12-10-11(20(22)23)6-7-13(12)17/h2-7,10H,8-9H2,1H3. The molecule has 2 aromatic rings. The quantitative estimate of drug-likeness (QED) is 0.588. The minimum absolute atomic E-state index is 0.0271. The molecule has 6 nitrogen and oxygen atoms in total. The fraction of sp³-hybridized carbons (Fsp3) is 0.188. The third-order valence-corrected chi connectivity index (χ3v) is 3.59. The number of non-ortho nitro benzene ring substituents is 1. The smallest absolute Gasteiger partial charge is 0.270 e. The number of ether oxygens (including phenoxy) is 1. The second-order valence-corrected chi connectivity index (χ2v) is 5.33. The van der Waals surface area contributed by atoms with Gasteiger partial charge in [-0.2, -0.15) is 0 Å². The molecule has 2 aromatic carbocycles. The molecule has 126 valence electrons. The van der Waals surface area contributed by atoms with Crippen LogP contribution in [0.2, 0.25) is 5.02 Å². The van der Waals surface area contributed by atoms with Crippen molar-refractivity contribution < 1.29 is 18.8 Å². The summed E-state index contributed by atoms with van der Waals surface area (Å²) in [6.45, 7) is 0.224. The highest BCUT2D eigenvalue weighted by atomic mass is 35.5. The molecule has 0 aliphatic carbocycles. The maximum absolute atomic E-state index is 13.4. The van der Waals surface area contributed by atoms with Crippen molar-refractivity contribution in [2.45, 2.75) is 0 Å². The minimum Gasteiger partial charge on any atom is -0.489 e. The van der Waals surface area contributed by atoms with Crippen molar-refractivity contribution in [3.8, 4) is 5.75 Å². The molecule has 1 amide bonds. The van der Waals surface area contributed by atoms with E-state index >= 15 is 0 Å². The first-order chi connectivity index (χ1) is 11.4. The molecule has 0 saturated heterocycles. The first-order valence-electron chi connectivity index (χ1n) is 6.97. The number of para-hydroxylation sites is 1. The fourth-order valence-corrected chi connectivity index (χ4v) is 2.15. The summed E-state index contributed by atoms with van der Waals surface area (Å²) in [5, 5.41) is 10.9. The zero-order chi connectivity index (χ0) is 17.7. The van der Waals surface area contributed by atoms with Crippen molar-refractivity contribution in [1.82, 2.24) is 4.90 Å². The van der Waals surface area contributed by atoms with Crippen molar-refractivity contribution >= 4 is 23.2 Å². The maximum atomic E-state index is 13.4.